The second-order valence-corrected chi connectivity index (χ2v) is 33.0. The van der Waals surface area contributed by atoms with Gasteiger partial charge >= 0.3 is 7.12 Å². The highest BCUT2D eigenvalue weighted by Crippen LogP contribution is 2.34. The number of ether oxygens (including phenoxy) is 2. The Morgan fingerprint density at radius 3 is 1.55 bits per heavy atom. The third-order valence-electron chi connectivity index (χ3n) is 12.5. The molecular formula is C58H64BBrN6O8Si2. The van der Waals surface area contributed by atoms with E-state index in [2.05, 4.69) is 75.8 Å². The van der Waals surface area contributed by atoms with Gasteiger partial charge in [0, 0.05) is 133 Å². The summed E-state index contributed by atoms with van der Waals surface area (Å²) in [6.07, 6.45) is 10.8. The molecule has 76 heavy (non-hydrogen) atoms. The minimum atomic E-state index is -1.53. The number of nitrogens with zero attached hydrogens (tertiary/aromatic N) is 4. The molecule has 0 aliphatic heterocycles. The number of anilines is 2. The molecule has 0 atom stereocenters. The Kier molecular flexibility index (Phi) is 18.4. The van der Waals surface area contributed by atoms with Gasteiger partial charge in [-0.1, -0.05) is 75.7 Å². The Labute approximate surface area is 452 Å². The Morgan fingerprint density at radius 1 is 0.579 bits per heavy atom. The van der Waals surface area contributed by atoms with Gasteiger partial charge in [-0.3, -0.25) is 28.7 Å². The van der Waals surface area contributed by atoms with Crippen molar-refractivity contribution in [1.82, 2.24) is 19.1 Å². The van der Waals surface area contributed by atoms with Crippen LogP contribution >= 0.6 is 15.9 Å². The molecule has 0 unspecified atom stereocenters. The van der Waals surface area contributed by atoms with E-state index in [0.717, 1.165) is 77.5 Å². The number of halogens is 1. The van der Waals surface area contributed by atoms with E-state index in [1.807, 2.05) is 122 Å². The van der Waals surface area contributed by atoms with E-state index in [-0.39, 0.29) is 30.2 Å². The Hall–Kier alpha value is -6.90. The zero-order chi connectivity index (χ0) is 53.8. The molecule has 0 saturated heterocycles. The molecule has 0 aliphatic carbocycles. The number of aromatic nitrogens is 4. The fourth-order valence-electron chi connectivity index (χ4n) is 8.08. The highest BCUT2D eigenvalue weighted by atomic mass is 79.9. The highest BCUT2D eigenvalue weighted by Gasteiger charge is 2.19. The maximum atomic E-state index is 13.4. The molecule has 14 nitrogen and oxygen atoms in total. The second kappa shape index (κ2) is 25.3. The molecule has 4 aromatic carbocycles. The van der Waals surface area contributed by atoms with Gasteiger partial charge in [0.1, 0.15) is 36.0 Å². The predicted molar refractivity (Wildman–Crippen MR) is 317 cm³/mol. The Balaban J connectivity index is 0.000000169. The van der Waals surface area contributed by atoms with Gasteiger partial charge in [-0.25, -0.2) is 0 Å². The third kappa shape index (κ3) is 15.2. The van der Waals surface area contributed by atoms with Crippen LogP contribution in [0.15, 0.2) is 181 Å². The fraction of sp³-hybridized carbons (Fsp3) is 0.241. The normalized spacial score (nSPS) is 11.6. The average molecular weight is 1120 g/mol. The number of fused-ring (bicyclic) bond motifs is 4. The van der Waals surface area contributed by atoms with Crippen molar-refractivity contribution in [2.24, 2.45) is 0 Å². The molecule has 0 aliphatic rings. The Morgan fingerprint density at radius 2 is 1.05 bits per heavy atom. The van der Waals surface area contributed by atoms with Gasteiger partial charge in [0.2, 0.25) is 0 Å². The first-order chi connectivity index (χ1) is 36.5. The van der Waals surface area contributed by atoms with Crippen molar-refractivity contribution in [3.05, 3.63) is 195 Å². The van der Waals surface area contributed by atoms with E-state index in [0.29, 0.717) is 42.7 Å². The molecule has 10 aromatic rings. The Bertz CT molecular complexity index is 3590. The molecule has 6 heterocycles. The van der Waals surface area contributed by atoms with Gasteiger partial charge in [-0.15, -0.1) is 0 Å². The average Bonchev–Trinajstić information content (AvgIpc) is 4.07. The fourth-order valence-corrected chi connectivity index (χ4v) is 10.2. The number of rotatable bonds is 18. The standard InChI is InChI=1S/C29H31N3O3Si.C21H26BrN3O2Si.C8H7BO3/c1-36(2,3)15-14-34-20-32-19-26(28-16-22-6-4-5-7-27(22)35-28)25-17-23(8-9-24(25)29(32)33)31-18-21-10-12-30-13-11-21;1-28(2,3)11-10-27-15-25-14-20(22)19-12-17(4-5-18(19)21(25)26)24-13-16-6-8-23-9-7-16;10-9(11)8-5-6-3-1-2-4-7(6)12-8/h4-13,16-17,19,31H,14-15,18,20H2,1-3H3;4-9,12,14,24H,10-11,13,15H2,1-3H3;1-5,10-11H. The van der Waals surface area contributed by atoms with Crippen molar-refractivity contribution in [3.63, 3.8) is 0 Å². The van der Waals surface area contributed by atoms with Crippen LogP contribution in [0, 0.1) is 0 Å². The predicted octanol–water partition coefficient (Wildman–Crippen LogP) is 11.9. The molecule has 10 rings (SSSR count). The summed E-state index contributed by atoms with van der Waals surface area (Å²) in [5, 5.41) is 29.4. The van der Waals surface area contributed by atoms with Crippen LogP contribution in [0.25, 0.3) is 54.8 Å². The van der Waals surface area contributed by atoms with Crippen LogP contribution in [-0.4, -0.2) is 65.6 Å². The van der Waals surface area contributed by atoms with Crippen molar-refractivity contribution in [1.29, 1.82) is 0 Å². The molecule has 0 bridgehead atoms. The largest absolute Gasteiger partial charge is 0.526 e. The lowest BCUT2D eigenvalue weighted by molar-refractivity contribution is 0.0850. The number of pyridine rings is 4. The molecular weight excluding hydrogens is 1060 g/mol. The molecule has 18 heteroatoms. The first-order valence-corrected chi connectivity index (χ1v) is 33.4. The number of para-hydroxylation sites is 2. The van der Waals surface area contributed by atoms with Crippen LogP contribution < -0.4 is 27.4 Å². The zero-order valence-corrected chi connectivity index (χ0v) is 47.3. The van der Waals surface area contributed by atoms with Gasteiger partial charge in [-0.2, -0.15) is 0 Å². The highest BCUT2D eigenvalue weighted by molar-refractivity contribution is 9.10. The van der Waals surface area contributed by atoms with Gasteiger partial charge in [0.05, 0.1) is 0 Å². The summed E-state index contributed by atoms with van der Waals surface area (Å²) in [4.78, 5) is 34.3. The van der Waals surface area contributed by atoms with E-state index in [1.165, 1.54) is 0 Å². The molecule has 392 valence electrons. The van der Waals surface area contributed by atoms with Crippen LogP contribution in [-0.2, 0) is 36.0 Å². The van der Waals surface area contributed by atoms with E-state index in [9.17, 15) is 9.59 Å². The molecule has 0 amide bonds. The molecule has 4 N–H and O–H groups in total. The van der Waals surface area contributed by atoms with Gasteiger partial charge in [-0.05, 0) is 124 Å². The van der Waals surface area contributed by atoms with E-state index in [4.69, 9.17) is 28.4 Å². The topological polar surface area (TPSA) is 179 Å². The lowest BCUT2D eigenvalue weighted by Crippen LogP contribution is -2.27. The van der Waals surface area contributed by atoms with E-state index in [1.54, 1.807) is 46.1 Å². The van der Waals surface area contributed by atoms with Gasteiger partial charge in [0.25, 0.3) is 11.1 Å². The van der Waals surface area contributed by atoms with Crippen LogP contribution in [0.1, 0.15) is 11.1 Å². The molecule has 0 fully saturated rings. The van der Waals surface area contributed by atoms with E-state index < -0.39 is 23.3 Å². The zero-order valence-electron chi connectivity index (χ0n) is 43.8. The molecule has 0 saturated carbocycles. The first kappa shape index (κ1) is 55.3. The summed E-state index contributed by atoms with van der Waals surface area (Å²) in [6, 6.07) is 40.6. The van der Waals surface area contributed by atoms with Crippen LogP contribution in [0.5, 0.6) is 0 Å². The van der Waals surface area contributed by atoms with Crippen LogP contribution in [0.2, 0.25) is 51.4 Å². The van der Waals surface area contributed by atoms with Crippen molar-refractivity contribution in [2.45, 2.75) is 77.9 Å². The maximum absolute atomic E-state index is 13.4. The number of nitrogens with one attached hydrogen (secondary N) is 2. The van der Waals surface area contributed by atoms with Crippen LogP contribution in [0.3, 0.4) is 0 Å². The SMILES string of the molecule is C[Si](C)(C)CCOCn1cc(-c2cc3ccccc3o2)c2cc(NCc3ccncc3)ccc2c1=O.C[Si](C)(C)CCOCn1cc(Br)c2cc(NCc3ccncc3)ccc2c1=O.OB(O)c1cc2ccccc2o1. The smallest absolute Gasteiger partial charge is 0.465 e. The molecule has 0 radical (unpaired) electrons. The number of benzene rings is 4. The monoisotopic (exact) mass is 1120 g/mol. The summed E-state index contributed by atoms with van der Waals surface area (Å²) in [7, 11) is -3.88. The minimum Gasteiger partial charge on any atom is -0.465 e. The van der Waals surface area contributed by atoms with Crippen molar-refractivity contribution >= 4 is 99.7 Å². The maximum Gasteiger partial charge on any atom is 0.526 e. The summed E-state index contributed by atoms with van der Waals surface area (Å²) < 4.78 is 27.2. The first-order valence-electron chi connectivity index (χ1n) is 25.2. The summed E-state index contributed by atoms with van der Waals surface area (Å²) >= 11 is 3.61. The molecule has 6 aromatic heterocycles. The minimum absolute atomic E-state index is 0.0353. The van der Waals surface area contributed by atoms with E-state index >= 15 is 0 Å². The molecule has 0 spiro atoms. The number of hydrogen-bond donors (Lipinski definition) is 4. The number of hydrogen-bond acceptors (Lipinski definition) is 12. The lowest BCUT2D eigenvalue weighted by atomic mass is 9.88. The van der Waals surface area contributed by atoms with Crippen molar-refractivity contribution in [3.8, 4) is 11.3 Å². The summed E-state index contributed by atoms with van der Waals surface area (Å²) in [5.74, 6) is 0.725. The van der Waals surface area contributed by atoms with Gasteiger partial charge in [0.15, 0.2) is 0 Å². The van der Waals surface area contributed by atoms with Crippen molar-refractivity contribution < 1.29 is 28.4 Å². The van der Waals surface area contributed by atoms with Crippen molar-refractivity contribution in [2.75, 3.05) is 23.8 Å². The van der Waals surface area contributed by atoms with Gasteiger partial charge < -0.3 is 39.0 Å². The van der Waals surface area contributed by atoms with Crippen LogP contribution in [0.4, 0.5) is 11.4 Å². The summed E-state index contributed by atoms with van der Waals surface area (Å²) in [5.41, 5.74) is 6.60. The third-order valence-corrected chi connectivity index (χ3v) is 16.5. The summed E-state index contributed by atoms with van der Waals surface area (Å²) in [6.45, 7) is 17.1. The lowest BCUT2D eigenvalue weighted by Gasteiger charge is -2.17. The quantitative estimate of drug-likeness (QED) is 0.0473. The number of furan rings is 2. The second-order valence-electron chi connectivity index (χ2n) is 20.9.